The molecule has 0 aliphatic carbocycles. The highest BCUT2D eigenvalue weighted by molar-refractivity contribution is 5.87. The van der Waals surface area contributed by atoms with Crippen molar-refractivity contribution in [3.63, 3.8) is 0 Å². The smallest absolute Gasteiger partial charge is 0.408 e. The highest BCUT2D eigenvalue weighted by atomic mass is 16.6. The maximum atomic E-state index is 13.3. The van der Waals surface area contributed by atoms with Crippen molar-refractivity contribution in [2.24, 2.45) is 0 Å². The molecule has 30 heteroatoms. The molecular weight excluding hydrogens is 1770 g/mol. The Morgan fingerprint density at radius 3 is 0.399 bits per heavy atom. The number of ether oxygens (including phenoxy) is 12. The molecule has 7 aromatic rings. The molecular formula is C108H120N6O24. The van der Waals surface area contributed by atoms with Crippen molar-refractivity contribution in [2.45, 2.75) is 233 Å². The molecule has 0 fully saturated rings. The maximum absolute atomic E-state index is 13.3. The third-order valence-corrected chi connectivity index (χ3v) is 18.9. The molecule has 6 atom stereocenters. The molecule has 138 heavy (non-hydrogen) atoms. The van der Waals surface area contributed by atoms with E-state index in [0.717, 1.165) is 0 Å². The van der Waals surface area contributed by atoms with E-state index >= 15 is 0 Å². The van der Waals surface area contributed by atoms with Gasteiger partial charge in [-0.05, 0) is 231 Å². The molecule has 0 aromatic heterocycles. The Hall–Kier alpha value is -15.7. The quantitative estimate of drug-likeness (QED) is 0.0186. The Morgan fingerprint density at radius 1 is 0.196 bits per heavy atom. The first-order chi connectivity index (χ1) is 64.7. The first kappa shape index (κ1) is 109. The van der Waals surface area contributed by atoms with Gasteiger partial charge in [-0.2, -0.15) is 0 Å². The molecule has 6 N–H and O–H groups in total. The average molecular weight is 1890 g/mol. The standard InChI is InChI=1S/C108H120N6O24/c1-103(2,3)133-97(121)109-85(91(115)127-19)61-73-37-25-67(26-38-73)49-55-79-80(56-50-68-27-39-74(40-28-68)62-86(92(116)128-20)110-98(122)134-104(4,5)6)82(58-52-70-31-43-76(44-32-70)64-88(94(118)130-22)112-100(124)136-106(10,11)12)84(60-54-72-35-47-78(48-36-72)66-90(96(120)132-24)114-102(126)138-108(16,17)18)83(59-53-71-33-45-77(46-34-71)65-89(95(119)131-23)113-101(125)137-107(13,14)15)81(79)57-51-69-29-41-75(42-30-69)63-87(93(117)129-21)111-99(123)135-105(7,8)9/h25-48,85-90H,61-66H2,1-24H3,(H,109,121)(H,110,122)(H,111,123)(H,112,124)(H,113,125)(H,114,126)/t85-,86-,87-,88-,89-,90-/m0/s1. The minimum absolute atomic E-state index is 0.0469. The summed E-state index contributed by atoms with van der Waals surface area (Å²) in [5.74, 6) is 36.2. The Balaban J connectivity index is 1.69. The topological polar surface area (TPSA) is 388 Å². The fraction of sp³-hybridized carbons (Fsp3) is 0.389. The lowest BCUT2D eigenvalue weighted by Crippen LogP contribution is -2.45. The minimum Gasteiger partial charge on any atom is -0.467 e. The van der Waals surface area contributed by atoms with Crippen molar-refractivity contribution in [2.75, 3.05) is 42.7 Å². The molecule has 30 nitrogen and oxygen atoms in total. The first-order valence-electron chi connectivity index (χ1n) is 44.0. The summed E-state index contributed by atoms with van der Waals surface area (Å²) >= 11 is 0. The molecule has 6 amide bonds. The first-order valence-corrected chi connectivity index (χ1v) is 44.0. The predicted octanol–water partition coefficient (Wildman–Crippen LogP) is 13.7. The lowest BCUT2D eigenvalue weighted by Gasteiger charge is -2.22. The van der Waals surface area contributed by atoms with Gasteiger partial charge in [0.25, 0.3) is 0 Å². The van der Waals surface area contributed by atoms with Crippen LogP contribution in [-0.4, -0.2) is 185 Å². The van der Waals surface area contributed by atoms with Crippen LogP contribution in [0.15, 0.2) is 146 Å². The molecule has 0 heterocycles. The monoisotopic (exact) mass is 1880 g/mol. The number of nitrogens with one attached hydrogen (secondary N) is 6. The lowest BCUT2D eigenvalue weighted by molar-refractivity contribution is -0.143. The van der Waals surface area contributed by atoms with Crippen molar-refractivity contribution in [1.82, 2.24) is 31.9 Å². The molecule has 0 unspecified atom stereocenters. The number of amides is 6. The molecule has 0 bridgehead atoms. The number of rotatable bonds is 24. The van der Waals surface area contributed by atoms with Gasteiger partial charge in [-0.3, -0.25) is 0 Å². The number of benzene rings is 7. The van der Waals surface area contributed by atoms with Crippen molar-refractivity contribution in [1.29, 1.82) is 0 Å². The summed E-state index contributed by atoms with van der Waals surface area (Å²) < 4.78 is 63.7. The van der Waals surface area contributed by atoms with Crippen LogP contribution in [0.25, 0.3) is 0 Å². The number of esters is 6. The minimum atomic E-state index is -1.19. The van der Waals surface area contributed by atoms with Crippen LogP contribution < -0.4 is 31.9 Å². The van der Waals surface area contributed by atoms with Gasteiger partial charge in [0.2, 0.25) is 0 Å². The van der Waals surface area contributed by atoms with Crippen LogP contribution in [0.4, 0.5) is 28.8 Å². The van der Waals surface area contributed by atoms with Crippen molar-refractivity contribution in [3.05, 3.63) is 246 Å². The van der Waals surface area contributed by atoms with Crippen LogP contribution in [0, 0.1) is 71.0 Å². The Labute approximate surface area is 806 Å². The molecule has 0 radical (unpaired) electrons. The van der Waals surface area contributed by atoms with Gasteiger partial charge in [0.05, 0.1) is 76.0 Å². The van der Waals surface area contributed by atoms with Gasteiger partial charge in [-0.25, -0.2) is 57.5 Å². The fourth-order valence-electron chi connectivity index (χ4n) is 12.8. The van der Waals surface area contributed by atoms with E-state index in [2.05, 4.69) is 103 Å². The molecule has 0 aliphatic heterocycles. The van der Waals surface area contributed by atoms with Crippen LogP contribution in [-0.2, 0) is 124 Å². The van der Waals surface area contributed by atoms with Gasteiger partial charge >= 0.3 is 72.4 Å². The Kier molecular flexibility index (Phi) is 39.3. The third-order valence-electron chi connectivity index (χ3n) is 18.9. The summed E-state index contributed by atoms with van der Waals surface area (Å²) in [4.78, 5) is 159. The van der Waals surface area contributed by atoms with E-state index in [1.165, 1.54) is 42.7 Å². The number of alkyl carbamates (subject to hydrolysis) is 6. The van der Waals surface area contributed by atoms with E-state index < -0.39 is 142 Å². The lowest BCUT2D eigenvalue weighted by atomic mass is 9.86. The SMILES string of the molecule is COC(=O)[C@H](Cc1ccc(C#Cc2c(C#Cc3ccc(C[C@H](NC(=O)OC(C)(C)C)C(=O)OC)cc3)c(C#Cc3ccc(C[C@H](NC(=O)OC(C)(C)C)C(=O)OC)cc3)c(C#Cc3ccc(C[C@H](NC(=O)OC(C)(C)C)C(=O)OC)cc3)c(C#Cc3ccc(C[C@H](NC(=O)OC(C)(C)C)C(=O)OC)cc3)c2C#Cc2ccc(C[C@H](NC(=O)OC(C)(C)C)C(=O)OC)cc2)cc1)NC(=O)OC(C)(C)C. The van der Waals surface area contributed by atoms with Gasteiger partial charge < -0.3 is 88.7 Å². The van der Waals surface area contributed by atoms with E-state index in [9.17, 15) is 57.5 Å². The van der Waals surface area contributed by atoms with Gasteiger partial charge in [0.15, 0.2) is 0 Å². The summed E-state index contributed by atoms with van der Waals surface area (Å²) in [7, 11) is 7.16. The summed E-state index contributed by atoms with van der Waals surface area (Å²) in [6.07, 6.45) is -5.41. The number of hydrogen-bond acceptors (Lipinski definition) is 24. The number of methoxy groups -OCH3 is 6. The molecule has 0 saturated heterocycles. The van der Waals surface area contributed by atoms with Crippen molar-refractivity contribution in [3.8, 4) is 71.0 Å². The highest BCUT2D eigenvalue weighted by Gasteiger charge is 2.33. The summed E-state index contributed by atoms with van der Waals surface area (Å²) in [6, 6.07) is 33.7. The van der Waals surface area contributed by atoms with Gasteiger partial charge in [0.1, 0.15) is 69.9 Å². The van der Waals surface area contributed by atoms with Crippen LogP contribution in [0.2, 0.25) is 0 Å². The summed E-state index contributed by atoms with van der Waals surface area (Å²) in [5.41, 5.74) is 1.06. The molecule has 7 aromatic carbocycles. The number of carbonyl (C=O) groups excluding carboxylic acids is 12. The summed E-state index contributed by atoms with van der Waals surface area (Å²) in [5, 5.41) is 15.7. The normalized spacial score (nSPS) is 12.3. The molecule has 0 spiro atoms. The van der Waals surface area contributed by atoms with E-state index in [4.69, 9.17) is 56.8 Å². The number of hydrogen-bond donors (Lipinski definition) is 6. The second kappa shape index (κ2) is 49.5. The zero-order chi connectivity index (χ0) is 102. The second-order valence-corrected chi connectivity index (χ2v) is 37.5. The zero-order valence-corrected chi connectivity index (χ0v) is 82.4. The zero-order valence-electron chi connectivity index (χ0n) is 82.4. The Morgan fingerprint density at radius 2 is 0.304 bits per heavy atom. The second-order valence-electron chi connectivity index (χ2n) is 37.5. The van der Waals surface area contributed by atoms with Crippen LogP contribution in [0.1, 0.15) is 225 Å². The van der Waals surface area contributed by atoms with Gasteiger partial charge in [-0.1, -0.05) is 144 Å². The molecule has 7 rings (SSSR count). The van der Waals surface area contributed by atoms with E-state index in [1.54, 1.807) is 270 Å². The van der Waals surface area contributed by atoms with E-state index in [-0.39, 0.29) is 71.9 Å². The highest BCUT2D eigenvalue weighted by Crippen LogP contribution is 2.30. The third kappa shape index (κ3) is 38.0. The molecule has 0 saturated carbocycles. The van der Waals surface area contributed by atoms with Crippen LogP contribution in [0.5, 0.6) is 0 Å². The van der Waals surface area contributed by atoms with Gasteiger partial charge in [-0.15, -0.1) is 0 Å². The maximum Gasteiger partial charge on any atom is 0.408 e. The molecule has 726 valence electrons. The predicted molar refractivity (Wildman–Crippen MR) is 514 cm³/mol. The van der Waals surface area contributed by atoms with Crippen LogP contribution >= 0.6 is 0 Å². The largest absolute Gasteiger partial charge is 0.467 e. The fourth-order valence-corrected chi connectivity index (χ4v) is 12.8. The van der Waals surface area contributed by atoms with E-state index in [1.807, 2.05) is 0 Å². The van der Waals surface area contributed by atoms with Gasteiger partial charge in [0, 0.05) is 71.9 Å². The average Bonchev–Trinajstić information content (AvgIpc) is 0.758. The van der Waals surface area contributed by atoms with Crippen LogP contribution in [0.3, 0.4) is 0 Å². The summed E-state index contributed by atoms with van der Waals surface area (Å²) in [6.45, 7) is 30.2. The Bertz CT molecular complexity index is 5020. The van der Waals surface area contributed by atoms with E-state index in [0.29, 0.717) is 66.8 Å². The molecule has 0 aliphatic rings. The van der Waals surface area contributed by atoms with Crippen molar-refractivity contribution < 1.29 is 114 Å². The number of carbonyl (C=O) groups is 12. The van der Waals surface area contributed by atoms with Crippen molar-refractivity contribution >= 4 is 72.4 Å².